The minimum Gasteiger partial charge on any atom is -0.353 e. The number of likely N-dealkylation sites (N-methyl/N-ethyl adjacent to an activating group) is 1. The Hall–Kier alpha value is -0.800. The Labute approximate surface area is 112 Å². The molecule has 1 N–H and O–H groups in total. The number of hydrogen-bond donors (Lipinski definition) is 1. The van der Waals surface area contributed by atoms with Crippen molar-refractivity contribution in [3.05, 3.63) is 24.0 Å². The monoisotopic (exact) mass is 251 g/mol. The molecule has 3 nitrogen and oxygen atoms in total. The van der Waals surface area contributed by atoms with Crippen molar-refractivity contribution in [2.45, 2.75) is 39.3 Å². The molecule has 0 aromatic carbocycles. The number of aryl methyl sites for hydroxylation is 1. The van der Waals surface area contributed by atoms with Crippen LogP contribution in [-0.4, -0.2) is 36.1 Å². The highest BCUT2D eigenvalue weighted by Crippen LogP contribution is 2.16. The molecule has 1 aromatic rings. The molecule has 0 saturated heterocycles. The van der Waals surface area contributed by atoms with Crippen molar-refractivity contribution in [1.82, 2.24) is 14.8 Å². The largest absolute Gasteiger partial charge is 0.353 e. The zero-order valence-corrected chi connectivity index (χ0v) is 12.6. The average Bonchev–Trinajstić information content (AvgIpc) is 2.74. The van der Waals surface area contributed by atoms with Gasteiger partial charge >= 0.3 is 0 Å². The Morgan fingerprint density at radius 3 is 2.39 bits per heavy atom. The second-order valence-corrected chi connectivity index (χ2v) is 5.35. The molecule has 18 heavy (non-hydrogen) atoms. The summed E-state index contributed by atoms with van der Waals surface area (Å²) in [7, 11) is 6.47. The summed E-state index contributed by atoms with van der Waals surface area (Å²) < 4.78 is 2.18. The summed E-state index contributed by atoms with van der Waals surface area (Å²) in [6.45, 7) is 6.60. The van der Waals surface area contributed by atoms with E-state index in [1.54, 1.807) is 0 Å². The van der Waals surface area contributed by atoms with Gasteiger partial charge in [-0.15, -0.1) is 0 Å². The van der Waals surface area contributed by atoms with Crippen molar-refractivity contribution < 1.29 is 0 Å². The lowest BCUT2D eigenvalue weighted by Crippen LogP contribution is -2.43. The molecule has 0 saturated carbocycles. The smallest absolute Gasteiger partial charge is 0.0359 e. The topological polar surface area (TPSA) is 20.2 Å². The third kappa shape index (κ3) is 4.14. The van der Waals surface area contributed by atoms with Gasteiger partial charge in [0.05, 0.1) is 0 Å². The molecule has 0 radical (unpaired) electrons. The van der Waals surface area contributed by atoms with Crippen LogP contribution in [0.1, 0.15) is 32.4 Å². The van der Waals surface area contributed by atoms with Gasteiger partial charge in [0.2, 0.25) is 0 Å². The predicted molar refractivity (Wildman–Crippen MR) is 78.7 cm³/mol. The van der Waals surface area contributed by atoms with Gasteiger partial charge in [0.25, 0.3) is 0 Å². The molecule has 1 heterocycles. The molecule has 0 aliphatic heterocycles. The van der Waals surface area contributed by atoms with Crippen molar-refractivity contribution in [1.29, 1.82) is 0 Å². The zero-order valence-electron chi connectivity index (χ0n) is 12.6. The lowest BCUT2D eigenvalue weighted by molar-refractivity contribution is 0.193. The molecule has 0 aliphatic rings. The van der Waals surface area contributed by atoms with Gasteiger partial charge in [-0.2, -0.15) is 0 Å². The number of aromatic nitrogens is 1. The van der Waals surface area contributed by atoms with Crippen LogP contribution in [0.3, 0.4) is 0 Å². The molecule has 0 bridgehead atoms. The van der Waals surface area contributed by atoms with Crippen molar-refractivity contribution in [2.75, 3.05) is 20.6 Å². The van der Waals surface area contributed by atoms with E-state index in [4.69, 9.17) is 0 Å². The number of nitrogens with zero attached hydrogens (tertiary/aromatic N) is 2. The minimum atomic E-state index is 0.625. The molecule has 1 unspecified atom stereocenters. The lowest BCUT2D eigenvalue weighted by atomic mass is 9.93. The summed E-state index contributed by atoms with van der Waals surface area (Å²) in [4.78, 5) is 2.36. The van der Waals surface area contributed by atoms with Crippen LogP contribution in [0.5, 0.6) is 0 Å². The Balaban J connectivity index is 2.45. The first kappa shape index (κ1) is 15.3. The van der Waals surface area contributed by atoms with E-state index in [-0.39, 0.29) is 0 Å². The SMILES string of the molecule is CCC(CC)C(CNCc1cccn1C)N(C)C. The summed E-state index contributed by atoms with van der Waals surface area (Å²) in [6, 6.07) is 4.90. The molecule has 3 heteroatoms. The van der Waals surface area contributed by atoms with E-state index >= 15 is 0 Å². The fourth-order valence-electron chi connectivity index (χ4n) is 2.63. The van der Waals surface area contributed by atoms with Crippen molar-refractivity contribution in [3.8, 4) is 0 Å². The van der Waals surface area contributed by atoms with E-state index in [1.807, 2.05) is 0 Å². The van der Waals surface area contributed by atoms with Crippen LogP contribution in [0.4, 0.5) is 0 Å². The van der Waals surface area contributed by atoms with Crippen LogP contribution in [-0.2, 0) is 13.6 Å². The number of rotatable bonds is 8. The van der Waals surface area contributed by atoms with Crippen LogP contribution in [0, 0.1) is 5.92 Å². The molecule has 0 aliphatic carbocycles. The van der Waals surface area contributed by atoms with Crippen LogP contribution in [0.2, 0.25) is 0 Å². The molecule has 0 fully saturated rings. The first-order chi connectivity index (χ1) is 8.60. The van der Waals surface area contributed by atoms with E-state index < -0.39 is 0 Å². The average molecular weight is 251 g/mol. The van der Waals surface area contributed by atoms with Gasteiger partial charge in [0, 0.05) is 38.1 Å². The van der Waals surface area contributed by atoms with Crippen molar-refractivity contribution in [3.63, 3.8) is 0 Å². The predicted octanol–water partition coefficient (Wildman–Crippen LogP) is 2.48. The fourth-order valence-corrected chi connectivity index (χ4v) is 2.63. The lowest BCUT2D eigenvalue weighted by Gasteiger charge is -2.31. The van der Waals surface area contributed by atoms with E-state index in [0.717, 1.165) is 19.0 Å². The van der Waals surface area contributed by atoms with Crippen LogP contribution >= 0.6 is 0 Å². The summed E-state index contributed by atoms with van der Waals surface area (Å²) in [5.41, 5.74) is 1.34. The molecular formula is C15H29N3. The normalized spacial score (nSPS) is 13.5. The van der Waals surface area contributed by atoms with E-state index in [1.165, 1.54) is 18.5 Å². The molecule has 1 rings (SSSR count). The van der Waals surface area contributed by atoms with Gasteiger partial charge in [-0.3, -0.25) is 0 Å². The van der Waals surface area contributed by atoms with Gasteiger partial charge in [-0.1, -0.05) is 26.7 Å². The molecule has 1 aromatic heterocycles. The second-order valence-electron chi connectivity index (χ2n) is 5.35. The zero-order chi connectivity index (χ0) is 13.5. The highest BCUT2D eigenvalue weighted by molar-refractivity contribution is 5.06. The summed E-state index contributed by atoms with van der Waals surface area (Å²) in [6.07, 6.45) is 4.61. The van der Waals surface area contributed by atoms with E-state index in [2.05, 4.69) is 68.1 Å². The quantitative estimate of drug-likeness (QED) is 0.766. The maximum atomic E-state index is 3.60. The van der Waals surface area contributed by atoms with Gasteiger partial charge < -0.3 is 14.8 Å². The summed E-state index contributed by atoms with van der Waals surface area (Å²) in [5, 5.41) is 3.60. The molecule has 1 atom stereocenters. The summed E-state index contributed by atoms with van der Waals surface area (Å²) >= 11 is 0. The van der Waals surface area contributed by atoms with Crippen LogP contribution in [0.25, 0.3) is 0 Å². The molecule has 0 spiro atoms. The summed E-state index contributed by atoms with van der Waals surface area (Å²) in [5.74, 6) is 0.779. The standard InChI is InChI=1S/C15H29N3/c1-6-13(7-2)15(17(3)4)12-16-11-14-9-8-10-18(14)5/h8-10,13,15-16H,6-7,11-12H2,1-5H3. The molecule has 104 valence electrons. The third-order valence-electron chi connectivity index (χ3n) is 3.97. The van der Waals surface area contributed by atoms with Crippen molar-refractivity contribution >= 4 is 0 Å². The first-order valence-corrected chi connectivity index (χ1v) is 7.07. The maximum Gasteiger partial charge on any atom is 0.0359 e. The minimum absolute atomic E-state index is 0.625. The second kappa shape index (κ2) is 7.59. The Morgan fingerprint density at radius 2 is 1.94 bits per heavy atom. The van der Waals surface area contributed by atoms with Gasteiger partial charge in [0.15, 0.2) is 0 Å². The van der Waals surface area contributed by atoms with E-state index in [0.29, 0.717) is 6.04 Å². The molecule has 0 amide bonds. The van der Waals surface area contributed by atoms with Crippen LogP contribution in [0.15, 0.2) is 18.3 Å². The fraction of sp³-hybridized carbons (Fsp3) is 0.733. The Morgan fingerprint density at radius 1 is 1.28 bits per heavy atom. The molecular weight excluding hydrogens is 222 g/mol. The third-order valence-corrected chi connectivity index (χ3v) is 3.97. The van der Waals surface area contributed by atoms with Gasteiger partial charge in [-0.05, 0) is 32.1 Å². The highest BCUT2D eigenvalue weighted by Gasteiger charge is 2.19. The highest BCUT2D eigenvalue weighted by atomic mass is 15.1. The Kier molecular flexibility index (Phi) is 6.44. The van der Waals surface area contributed by atoms with Gasteiger partial charge in [0.1, 0.15) is 0 Å². The maximum absolute atomic E-state index is 3.60. The van der Waals surface area contributed by atoms with Crippen molar-refractivity contribution in [2.24, 2.45) is 13.0 Å². The van der Waals surface area contributed by atoms with Gasteiger partial charge in [-0.25, -0.2) is 0 Å². The van der Waals surface area contributed by atoms with E-state index in [9.17, 15) is 0 Å². The van der Waals surface area contributed by atoms with Crippen LogP contribution < -0.4 is 5.32 Å². The number of nitrogens with one attached hydrogen (secondary N) is 1. The number of hydrogen-bond acceptors (Lipinski definition) is 2. The Bertz CT molecular complexity index is 326. The first-order valence-electron chi connectivity index (χ1n) is 7.07.